The summed E-state index contributed by atoms with van der Waals surface area (Å²) in [6, 6.07) is 3.20. The maximum atomic E-state index is 3.95. The summed E-state index contributed by atoms with van der Waals surface area (Å²) >= 11 is 0. The molecule has 3 rings (SSSR count). The minimum atomic E-state index is 0.471. The average molecular weight is 308 g/mol. The Morgan fingerprint density at radius 3 is 1.73 bits per heavy atom. The lowest BCUT2D eigenvalue weighted by molar-refractivity contribution is -0.0185. The van der Waals surface area contributed by atoms with Crippen molar-refractivity contribution in [3.05, 3.63) is 0 Å². The van der Waals surface area contributed by atoms with Gasteiger partial charge in [0.25, 0.3) is 0 Å². The van der Waals surface area contributed by atoms with E-state index in [0.717, 1.165) is 24.2 Å². The first kappa shape index (κ1) is 16.7. The van der Waals surface area contributed by atoms with Gasteiger partial charge in [0.2, 0.25) is 0 Å². The van der Waals surface area contributed by atoms with Gasteiger partial charge in [-0.2, -0.15) is 0 Å². The Bertz CT molecular complexity index is 303. The van der Waals surface area contributed by atoms with Crippen LogP contribution in [0.25, 0.3) is 0 Å². The summed E-state index contributed by atoms with van der Waals surface area (Å²) < 4.78 is 0. The Labute approximate surface area is 137 Å². The van der Waals surface area contributed by atoms with Crippen LogP contribution >= 0.6 is 0 Å². The van der Waals surface area contributed by atoms with E-state index in [0.29, 0.717) is 6.29 Å². The van der Waals surface area contributed by atoms with Gasteiger partial charge in [-0.25, -0.2) is 0 Å². The number of nitrogens with one attached hydrogen (secondary N) is 2. The van der Waals surface area contributed by atoms with Crippen molar-refractivity contribution in [2.24, 2.45) is 0 Å². The highest BCUT2D eigenvalue weighted by Gasteiger charge is 2.46. The van der Waals surface area contributed by atoms with Gasteiger partial charge in [0.1, 0.15) is 6.29 Å². The summed E-state index contributed by atoms with van der Waals surface area (Å²) in [7, 11) is 0. The van der Waals surface area contributed by atoms with E-state index in [1.807, 2.05) is 0 Å². The topological polar surface area (TPSA) is 27.3 Å². The summed E-state index contributed by atoms with van der Waals surface area (Å²) in [5.74, 6) is 0. The predicted molar refractivity (Wildman–Crippen MR) is 93.8 cm³/mol. The second kappa shape index (κ2) is 8.12. The molecule has 0 aromatic rings. The van der Waals surface area contributed by atoms with Crippen LogP contribution in [0, 0.1) is 0 Å². The molecule has 3 saturated heterocycles. The minimum Gasteiger partial charge on any atom is -0.287 e. The summed E-state index contributed by atoms with van der Waals surface area (Å²) in [5, 5.41) is 7.90. The molecule has 3 fully saturated rings. The first-order chi connectivity index (χ1) is 10.8. The molecule has 3 heteroatoms. The van der Waals surface area contributed by atoms with Gasteiger partial charge in [0, 0.05) is 24.2 Å². The Kier molecular flexibility index (Phi) is 6.17. The maximum Gasteiger partial charge on any atom is 0.115 e. The van der Waals surface area contributed by atoms with E-state index in [2.05, 4.69) is 29.4 Å². The Hall–Kier alpha value is -0.120. The molecule has 0 aliphatic carbocycles. The van der Waals surface area contributed by atoms with Gasteiger partial charge >= 0.3 is 0 Å². The molecule has 2 N–H and O–H groups in total. The molecule has 0 spiro atoms. The monoisotopic (exact) mass is 307 g/mol. The van der Waals surface area contributed by atoms with Crippen molar-refractivity contribution >= 4 is 0 Å². The van der Waals surface area contributed by atoms with Crippen molar-refractivity contribution in [1.29, 1.82) is 0 Å². The van der Waals surface area contributed by atoms with Crippen LogP contribution in [0.4, 0.5) is 0 Å². The van der Waals surface area contributed by atoms with Crippen LogP contribution in [0.1, 0.15) is 90.9 Å². The standard InChI is InChI=1S/C19H37N3/c1-3-5-7-9-15-13-17-11-12-18-14-16(10-8-6-4-2)21-19(20-15)22(17)18/h15-21H,3-14H2,1-2H3/t15-,16-,17-,18+,19?/m1/s1. The molecule has 0 amide bonds. The number of hydrogen-bond acceptors (Lipinski definition) is 3. The Morgan fingerprint density at radius 2 is 1.27 bits per heavy atom. The molecule has 3 nitrogen and oxygen atoms in total. The van der Waals surface area contributed by atoms with Crippen LogP contribution in [0.2, 0.25) is 0 Å². The zero-order valence-corrected chi connectivity index (χ0v) is 14.8. The lowest BCUT2D eigenvalue weighted by Gasteiger charge is -2.50. The smallest absolute Gasteiger partial charge is 0.115 e. The van der Waals surface area contributed by atoms with Gasteiger partial charge in [-0.1, -0.05) is 52.4 Å². The van der Waals surface area contributed by atoms with Crippen molar-refractivity contribution in [2.75, 3.05) is 0 Å². The van der Waals surface area contributed by atoms with Crippen molar-refractivity contribution in [2.45, 2.75) is 121 Å². The Balaban J connectivity index is 1.54. The average Bonchev–Trinajstić information content (AvgIpc) is 2.92. The zero-order valence-electron chi connectivity index (χ0n) is 14.8. The first-order valence-electron chi connectivity index (χ1n) is 10.1. The van der Waals surface area contributed by atoms with Crippen LogP contribution in [0.15, 0.2) is 0 Å². The van der Waals surface area contributed by atoms with Crippen LogP contribution in [-0.4, -0.2) is 35.4 Å². The van der Waals surface area contributed by atoms with E-state index in [4.69, 9.17) is 0 Å². The molecule has 3 aliphatic heterocycles. The molecule has 1 unspecified atom stereocenters. The molecule has 3 aliphatic rings. The molecule has 0 aromatic carbocycles. The predicted octanol–water partition coefficient (Wildman–Crippen LogP) is 3.99. The lowest BCUT2D eigenvalue weighted by Crippen LogP contribution is -2.70. The highest BCUT2D eigenvalue weighted by atomic mass is 15.5. The van der Waals surface area contributed by atoms with Gasteiger partial charge in [-0.15, -0.1) is 0 Å². The van der Waals surface area contributed by atoms with Crippen LogP contribution in [0.3, 0.4) is 0 Å². The zero-order chi connectivity index (χ0) is 15.4. The highest BCUT2D eigenvalue weighted by molar-refractivity contribution is 5.01. The fraction of sp³-hybridized carbons (Fsp3) is 1.00. The molecular weight excluding hydrogens is 270 g/mol. The molecule has 5 atom stereocenters. The SMILES string of the molecule is CCCCC[C@@H]1C[C@H]2CC[C@H]3C[C@@H](CCCCC)NC(N1)N23. The van der Waals surface area contributed by atoms with Crippen molar-refractivity contribution in [3.63, 3.8) is 0 Å². The molecule has 0 radical (unpaired) electrons. The molecule has 22 heavy (non-hydrogen) atoms. The first-order valence-corrected chi connectivity index (χ1v) is 10.1. The third kappa shape index (κ3) is 3.85. The van der Waals surface area contributed by atoms with Crippen LogP contribution in [-0.2, 0) is 0 Å². The lowest BCUT2D eigenvalue weighted by atomic mass is 9.95. The largest absolute Gasteiger partial charge is 0.287 e. The number of hydrogen-bond donors (Lipinski definition) is 2. The van der Waals surface area contributed by atoms with E-state index in [-0.39, 0.29) is 0 Å². The van der Waals surface area contributed by atoms with E-state index in [1.165, 1.54) is 77.0 Å². The third-order valence-corrected chi connectivity index (χ3v) is 6.19. The normalized spacial score (nSPS) is 38.2. The van der Waals surface area contributed by atoms with Gasteiger partial charge in [0.05, 0.1) is 0 Å². The van der Waals surface area contributed by atoms with Gasteiger partial charge in [-0.3, -0.25) is 15.5 Å². The van der Waals surface area contributed by atoms with E-state index >= 15 is 0 Å². The number of nitrogens with zero attached hydrogens (tertiary/aromatic N) is 1. The summed E-state index contributed by atoms with van der Waals surface area (Å²) in [5.41, 5.74) is 0. The van der Waals surface area contributed by atoms with Gasteiger partial charge < -0.3 is 0 Å². The Morgan fingerprint density at radius 1 is 0.773 bits per heavy atom. The van der Waals surface area contributed by atoms with E-state index in [9.17, 15) is 0 Å². The van der Waals surface area contributed by atoms with Crippen molar-refractivity contribution < 1.29 is 0 Å². The third-order valence-electron chi connectivity index (χ3n) is 6.19. The molecule has 0 bridgehead atoms. The molecule has 0 aromatic heterocycles. The van der Waals surface area contributed by atoms with Gasteiger partial charge in [-0.05, 0) is 38.5 Å². The minimum absolute atomic E-state index is 0.471. The highest BCUT2D eigenvalue weighted by Crippen LogP contribution is 2.37. The van der Waals surface area contributed by atoms with Crippen LogP contribution in [0.5, 0.6) is 0 Å². The van der Waals surface area contributed by atoms with E-state index < -0.39 is 0 Å². The van der Waals surface area contributed by atoms with E-state index in [1.54, 1.807) is 0 Å². The number of rotatable bonds is 8. The van der Waals surface area contributed by atoms with Crippen molar-refractivity contribution in [3.8, 4) is 0 Å². The second-order valence-electron chi connectivity index (χ2n) is 7.92. The quantitative estimate of drug-likeness (QED) is 0.664. The molecule has 0 saturated carbocycles. The number of unbranched alkanes of at least 4 members (excludes halogenated alkanes) is 4. The maximum absolute atomic E-state index is 3.95. The molecule has 128 valence electrons. The molecular formula is C19H37N3. The van der Waals surface area contributed by atoms with Crippen LogP contribution < -0.4 is 10.6 Å². The fourth-order valence-corrected chi connectivity index (χ4v) is 5.03. The molecule has 3 heterocycles. The van der Waals surface area contributed by atoms with Gasteiger partial charge in [0.15, 0.2) is 0 Å². The summed E-state index contributed by atoms with van der Waals surface area (Å²) in [6.45, 7) is 4.61. The van der Waals surface area contributed by atoms with Crippen molar-refractivity contribution in [1.82, 2.24) is 15.5 Å². The summed E-state index contributed by atoms with van der Waals surface area (Å²) in [4.78, 5) is 2.80. The fourth-order valence-electron chi connectivity index (χ4n) is 5.03. The second-order valence-corrected chi connectivity index (χ2v) is 7.92. The summed E-state index contributed by atoms with van der Waals surface area (Å²) in [6.07, 6.45) is 17.1.